The molecule has 0 amide bonds. The summed E-state index contributed by atoms with van der Waals surface area (Å²) in [4.78, 5) is 15.4. The molecule has 0 radical (unpaired) electrons. The molecule has 2 heterocycles. The van der Waals surface area contributed by atoms with Crippen molar-refractivity contribution in [1.82, 2.24) is 0 Å². The van der Waals surface area contributed by atoms with Gasteiger partial charge in [0.05, 0.1) is 23.7 Å². The third-order valence-corrected chi connectivity index (χ3v) is 17.4. The third-order valence-electron chi connectivity index (χ3n) is 17.4. The lowest BCUT2D eigenvalue weighted by Gasteiger charge is -2.43. The molecule has 4 saturated carbocycles. The van der Waals surface area contributed by atoms with E-state index in [0.29, 0.717) is 33.7 Å². The van der Waals surface area contributed by atoms with Crippen molar-refractivity contribution in [3.8, 4) is 0 Å². The largest absolute Gasteiger partial charge is 0.481 e. The van der Waals surface area contributed by atoms with Crippen LogP contribution in [0.5, 0.6) is 0 Å². The standard InChI is InChI=1S/C14H28.C13H26.C11H19N.C11H20O2.C9H18O.C8H14N2.CH4/c1-6-14(9-7-10-14)11-8-12(2)13(3,4)5;1-5-13(10-7-11-13)9-6-8-12(2,3)4;1-8-7-12-9(2)10(8)6-11(3,4)5;1-10(2,3)8-5-6-11(4,7-8)9(12)13;1-7-5-8(6-7)10-9(2,3)4;1-8(2,3)6-7-4-5-9-10-7;/h12H,6-11H2,1-5H3;5-11H2,1-4H3;6-7H2,1-5H3;8H,5-7H2,1-4H3,(H,12,13);7-8H,5-6H2,1-4H3;5H,4,6H2,1-3H3;1H4. The van der Waals surface area contributed by atoms with Gasteiger partial charge in [0.1, 0.15) is 0 Å². The van der Waals surface area contributed by atoms with Crippen LogP contribution in [0.3, 0.4) is 0 Å². The van der Waals surface area contributed by atoms with E-state index in [1.807, 2.05) is 13.1 Å². The molecule has 3 atom stereocenters. The SMILES string of the molecule is C.CC(C)(C)CC1=NN=CC1.CC1(C(=O)O)CCC(C(C)(C)C)C1.CC1=NCC(C)=C1CC(C)(C)C.CC1CC(OC(C)(C)C)C1.CCC1(CCC(C)C(C)(C)C)CCC1.CCC1(CCCC(C)(C)C)CCC1. The second kappa shape index (κ2) is 29.8. The molecule has 0 spiro atoms. The van der Waals surface area contributed by atoms with Crippen LogP contribution in [0.15, 0.2) is 26.3 Å². The van der Waals surface area contributed by atoms with E-state index in [2.05, 4.69) is 181 Å². The Hall–Kier alpha value is -1.82. The van der Waals surface area contributed by atoms with Crippen LogP contribution in [0.1, 0.15) is 315 Å². The van der Waals surface area contributed by atoms with Crippen LogP contribution in [0, 0.1) is 61.1 Å². The predicted molar refractivity (Wildman–Crippen MR) is 326 cm³/mol. The van der Waals surface area contributed by atoms with E-state index in [1.165, 1.54) is 119 Å². The molecule has 4 fully saturated rings. The Morgan fingerprint density at radius 3 is 1.58 bits per heavy atom. The van der Waals surface area contributed by atoms with Gasteiger partial charge in [-0.25, -0.2) is 0 Å². The van der Waals surface area contributed by atoms with Gasteiger partial charge in [-0.2, -0.15) is 10.2 Å². The van der Waals surface area contributed by atoms with Crippen LogP contribution in [0.25, 0.3) is 0 Å². The fourth-order valence-corrected chi connectivity index (χ4v) is 11.0. The number of ether oxygens (including phenoxy) is 1. The molecule has 0 aromatic heterocycles. The van der Waals surface area contributed by atoms with Gasteiger partial charge in [-0.05, 0) is 205 Å². The van der Waals surface area contributed by atoms with Crippen LogP contribution in [0.4, 0.5) is 0 Å². The molecule has 6 nitrogen and oxygen atoms in total. The molecule has 0 saturated heterocycles. The van der Waals surface area contributed by atoms with Crippen molar-refractivity contribution in [2.45, 2.75) is 327 Å². The van der Waals surface area contributed by atoms with Crippen molar-refractivity contribution < 1.29 is 14.6 Å². The first-order valence-electron chi connectivity index (χ1n) is 29.8. The number of allylic oxidation sites excluding steroid dienone is 1. The highest BCUT2D eigenvalue weighted by Crippen LogP contribution is 2.51. The third kappa shape index (κ3) is 28.9. The average Bonchev–Trinajstić information content (AvgIpc) is 3.92. The van der Waals surface area contributed by atoms with Gasteiger partial charge in [-0.3, -0.25) is 9.79 Å². The van der Waals surface area contributed by atoms with E-state index < -0.39 is 11.4 Å². The van der Waals surface area contributed by atoms with Crippen molar-refractivity contribution in [3.05, 3.63) is 11.1 Å². The summed E-state index contributed by atoms with van der Waals surface area (Å²) in [6.07, 6.45) is 29.9. The number of carboxylic acids is 1. The van der Waals surface area contributed by atoms with E-state index in [0.717, 1.165) is 67.7 Å². The van der Waals surface area contributed by atoms with E-state index in [1.54, 1.807) is 0 Å². The summed E-state index contributed by atoms with van der Waals surface area (Å²) in [5.41, 5.74) is 8.60. The van der Waals surface area contributed by atoms with Gasteiger partial charge in [0.2, 0.25) is 0 Å². The number of nitrogens with zero attached hydrogens (tertiary/aromatic N) is 3. The Morgan fingerprint density at radius 1 is 0.767 bits per heavy atom. The molecule has 0 aromatic carbocycles. The first-order valence-corrected chi connectivity index (χ1v) is 29.8. The normalized spacial score (nSPS) is 24.5. The Kier molecular flexibility index (Phi) is 29.0. The first kappa shape index (κ1) is 71.2. The number of aliphatic imine (C=N–C) groups is 1. The second-order valence-electron chi connectivity index (χ2n) is 31.5. The Bertz CT molecular complexity index is 1700. The summed E-state index contributed by atoms with van der Waals surface area (Å²) in [6.45, 7) is 57.2. The summed E-state index contributed by atoms with van der Waals surface area (Å²) in [6, 6.07) is 0. The van der Waals surface area contributed by atoms with Crippen LogP contribution < -0.4 is 0 Å². The molecule has 2 aliphatic heterocycles. The molecule has 6 aliphatic rings. The summed E-state index contributed by atoms with van der Waals surface area (Å²) >= 11 is 0. The van der Waals surface area contributed by atoms with Gasteiger partial charge in [-0.15, -0.1) is 0 Å². The number of rotatable bonds is 12. The van der Waals surface area contributed by atoms with E-state index in [4.69, 9.17) is 9.84 Å². The monoisotopic (exact) mass is 1020 g/mol. The fraction of sp³-hybridized carbons (Fsp3) is 0.910. The molecule has 430 valence electrons. The van der Waals surface area contributed by atoms with E-state index in [-0.39, 0.29) is 18.4 Å². The van der Waals surface area contributed by atoms with Crippen LogP contribution in [-0.4, -0.2) is 47.0 Å². The molecule has 0 aromatic rings. The maximum Gasteiger partial charge on any atom is 0.309 e. The summed E-state index contributed by atoms with van der Waals surface area (Å²) < 4.78 is 5.74. The van der Waals surface area contributed by atoms with Crippen molar-refractivity contribution in [1.29, 1.82) is 0 Å². The van der Waals surface area contributed by atoms with Crippen LogP contribution in [0.2, 0.25) is 0 Å². The van der Waals surface area contributed by atoms with Gasteiger partial charge < -0.3 is 9.84 Å². The number of carboxylic acid groups (broad SMARTS) is 1. The molecule has 1 N–H and O–H groups in total. The molecule has 6 rings (SSSR count). The Morgan fingerprint density at radius 2 is 1.27 bits per heavy atom. The number of carbonyl (C=O) groups is 1. The Balaban J connectivity index is 0.000000853. The zero-order valence-corrected chi connectivity index (χ0v) is 53.0. The molecule has 73 heavy (non-hydrogen) atoms. The summed E-state index contributed by atoms with van der Waals surface area (Å²) in [5, 5.41) is 16.9. The van der Waals surface area contributed by atoms with Gasteiger partial charge in [-0.1, -0.05) is 171 Å². The van der Waals surface area contributed by atoms with Crippen LogP contribution in [-0.2, 0) is 9.53 Å². The lowest BCUT2D eigenvalue weighted by atomic mass is 9.63. The molecule has 6 heteroatoms. The minimum atomic E-state index is -0.626. The molecule has 0 bridgehead atoms. The van der Waals surface area contributed by atoms with Gasteiger partial charge in [0.25, 0.3) is 0 Å². The summed E-state index contributed by atoms with van der Waals surface area (Å²) in [5.74, 6) is 1.70. The topological polar surface area (TPSA) is 83.6 Å². The minimum Gasteiger partial charge on any atom is -0.481 e. The maximum absolute atomic E-state index is 11.0. The quantitative estimate of drug-likeness (QED) is 0.211. The fourth-order valence-electron chi connectivity index (χ4n) is 11.0. The smallest absolute Gasteiger partial charge is 0.309 e. The molecule has 4 aliphatic carbocycles. The average molecular weight is 1020 g/mol. The number of hydrogen-bond acceptors (Lipinski definition) is 5. The molecular formula is C67H129N3O3. The van der Waals surface area contributed by atoms with Crippen molar-refractivity contribution in [2.75, 3.05) is 6.54 Å². The van der Waals surface area contributed by atoms with E-state index >= 15 is 0 Å². The van der Waals surface area contributed by atoms with Gasteiger partial charge >= 0.3 is 5.97 Å². The van der Waals surface area contributed by atoms with Crippen LogP contribution >= 0.6 is 0 Å². The highest BCUT2D eigenvalue weighted by molar-refractivity contribution is 6.01. The van der Waals surface area contributed by atoms with Crippen molar-refractivity contribution >= 4 is 23.6 Å². The second-order valence-corrected chi connectivity index (χ2v) is 31.5. The highest BCUT2D eigenvalue weighted by Gasteiger charge is 2.45. The van der Waals surface area contributed by atoms with Crippen molar-refractivity contribution in [2.24, 2.45) is 76.3 Å². The van der Waals surface area contributed by atoms with Crippen molar-refractivity contribution in [3.63, 3.8) is 0 Å². The lowest BCUT2D eigenvalue weighted by molar-refractivity contribution is -0.147. The zero-order chi connectivity index (χ0) is 55.8. The highest BCUT2D eigenvalue weighted by atomic mass is 16.5. The van der Waals surface area contributed by atoms with Gasteiger partial charge in [0.15, 0.2) is 0 Å². The van der Waals surface area contributed by atoms with Gasteiger partial charge in [0, 0.05) is 24.1 Å². The zero-order valence-electron chi connectivity index (χ0n) is 53.0. The number of aliphatic carboxylic acids is 1. The maximum atomic E-state index is 11.0. The number of hydrogen-bond donors (Lipinski definition) is 1. The van der Waals surface area contributed by atoms with E-state index in [9.17, 15) is 4.79 Å². The minimum absolute atomic E-state index is 0. The summed E-state index contributed by atoms with van der Waals surface area (Å²) in [7, 11) is 0. The molecule has 3 unspecified atom stereocenters. The molecular weight excluding hydrogens is 895 g/mol. The lowest BCUT2D eigenvalue weighted by Crippen LogP contribution is -2.36. The predicted octanol–water partition coefficient (Wildman–Crippen LogP) is 21.4. The first-order chi connectivity index (χ1) is 32.6. The Labute approximate surface area is 457 Å².